The molecule has 1 aliphatic heterocycles. The molecule has 3 heterocycles. The normalized spacial score (nSPS) is 20.5. The highest BCUT2D eigenvalue weighted by Gasteiger charge is 2.29. The Morgan fingerprint density at radius 3 is 3.00 bits per heavy atom. The monoisotopic (exact) mass is 270 g/mol. The van der Waals surface area contributed by atoms with Crippen LogP contribution in [0.25, 0.3) is 11.2 Å². The lowest BCUT2D eigenvalue weighted by Crippen LogP contribution is -2.35. The van der Waals surface area contributed by atoms with E-state index in [1.54, 1.807) is 12.4 Å². The van der Waals surface area contributed by atoms with Crippen LogP contribution in [-0.2, 0) is 0 Å². The van der Waals surface area contributed by atoms with Crippen LogP contribution in [0.2, 0.25) is 0 Å². The summed E-state index contributed by atoms with van der Waals surface area (Å²) >= 11 is 0. The summed E-state index contributed by atoms with van der Waals surface area (Å²) < 4.78 is 0. The van der Waals surface area contributed by atoms with Crippen molar-refractivity contribution in [1.29, 1.82) is 0 Å². The van der Waals surface area contributed by atoms with Gasteiger partial charge in [0.25, 0.3) is 0 Å². The Balaban J connectivity index is 1.89. The molecular formula is C16H22N4. The third kappa shape index (κ3) is 2.47. The Morgan fingerprint density at radius 1 is 1.30 bits per heavy atom. The first-order valence-electron chi connectivity index (χ1n) is 7.64. The molecule has 0 aromatic carbocycles. The third-order valence-electron chi connectivity index (χ3n) is 4.31. The number of pyridine rings is 1. The van der Waals surface area contributed by atoms with Crippen LogP contribution in [0.3, 0.4) is 0 Å². The second kappa shape index (κ2) is 5.73. The molecule has 2 aromatic rings. The lowest BCUT2D eigenvalue weighted by Gasteiger charge is -2.30. The highest BCUT2D eigenvalue weighted by molar-refractivity contribution is 5.71. The molecule has 20 heavy (non-hydrogen) atoms. The van der Waals surface area contributed by atoms with Crippen LogP contribution in [0.4, 0.5) is 5.82 Å². The minimum Gasteiger partial charge on any atom is -0.353 e. The quantitative estimate of drug-likeness (QED) is 0.853. The first kappa shape index (κ1) is 13.3. The minimum absolute atomic E-state index is 0.622. The third-order valence-corrected chi connectivity index (χ3v) is 4.31. The first-order valence-corrected chi connectivity index (χ1v) is 7.64. The van der Waals surface area contributed by atoms with E-state index in [1.165, 1.54) is 25.7 Å². The van der Waals surface area contributed by atoms with Gasteiger partial charge in [-0.2, -0.15) is 0 Å². The van der Waals surface area contributed by atoms with E-state index in [4.69, 9.17) is 4.98 Å². The van der Waals surface area contributed by atoms with Gasteiger partial charge < -0.3 is 4.90 Å². The molecule has 4 nitrogen and oxygen atoms in total. The van der Waals surface area contributed by atoms with Crippen LogP contribution in [-0.4, -0.2) is 27.5 Å². The molecule has 4 heteroatoms. The average molecular weight is 270 g/mol. The minimum atomic E-state index is 0.622. The van der Waals surface area contributed by atoms with Gasteiger partial charge in [-0.05, 0) is 37.3 Å². The number of anilines is 1. The summed E-state index contributed by atoms with van der Waals surface area (Å²) in [5, 5.41) is 0. The molecule has 0 bridgehead atoms. The van der Waals surface area contributed by atoms with Crippen LogP contribution in [0.5, 0.6) is 0 Å². The highest BCUT2D eigenvalue weighted by Crippen LogP contribution is 2.31. The van der Waals surface area contributed by atoms with Gasteiger partial charge in [0.15, 0.2) is 5.65 Å². The van der Waals surface area contributed by atoms with Gasteiger partial charge in [0.2, 0.25) is 0 Å². The average Bonchev–Trinajstić information content (AvgIpc) is 2.96. The molecule has 0 aliphatic carbocycles. The molecule has 0 N–H and O–H groups in total. The van der Waals surface area contributed by atoms with E-state index >= 15 is 0 Å². The van der Waals surface area contributed by atoms with E-state index in [-0.39, 0.29) is 0 Å². The van der Waals surface area contributed by atoms with E-state index in [9.17, 15) is 0 Å². The molecule has 2 aromatic heterocycles. The fraction of sp³-hybridized carbons (Fsp3) is 0.562. The van der Waals surface area contributed by atoms with E-state index in [0.717, 1.165) is 29.4 Å². The maximum Gasteiger partial charge on any atom is 0.180 e. The zero-order valence-electron chi connectivity index (χ0n) is 12.3. The molecule has 1 fully saturated rings. The van der Waals surface area contributed by atoms with Gasteiger partial charge in [0, 0.05) is 25.0 Å². The molecule has 0 spiro atoms. The van der Waals surface area contributed by atoms with Crippen molar-refractivity contribution in [3.8, 4) is 0 Å². The van der Waals surface area contributed by atoms with Crippen molar-refractivity contribution in [2.24, 2.45) is 5.92 Å². The van der Waals surface area contributed by atoms with E-state index in [1.807, 2.05) is 6.07 Å². The summed E-state index contributed by atoms with van der Waals surface area (Å²) in [7, 11) is 0. The predicted octanol–water partition coefficient (Wildman–Crippen LogP) is 3.43. The number of nitrogens with zero attached hydrogens (tertiary/aromatic N) is 4. The van der Waals surface area contributed by atoms with Gasteiger partial charge in [0.05, 0.1) is 0 Å². The summed E-state index contributed by atoms with van der Waals surface area (Å²) in [5.41, 5.74) is 1.62. The Kier molecular flexibility index (Phi) is 3.81. The molecule has 2 atom stereocenters. The van der Waals surface area contributed by atoms with Crippen molar-refractivity contribution < 1.29 is 0 Å². The Morgan fingerprint density at radius 2 is 2.15 bits per heavy atom. The predicted molar refractivity (Wildman–Crippen MR) is 81.8 cm³/mol. The molecule has 106 valence electrons. The topological polar surface area (TPSA) is 41.9 Å². The van der Waals surface area contributed by atoms with Crippen molar-refractivity contribution >= 4 is 17.0 Å². The maximum absolute atomic E-state index is 4.70. The zero-order valence-corrected chi connectivity index (χ0v) is 12.3. The second-order valence-electron chi connectivity index (χ2n) is 5.74. The fourth-order valence-electron chi connectivity index (χ4n) is 3.32. The lowest BCUT2D eigenvalue weighted by molar-refractivity contribution is 0.420. The number of hydrogen-bond acceptors (Lipinski definition) is 4. The fourth-order valence-corrected chi connectivity index (χ4v) is 3.32. The lowest BCUT2D eigenvalue weighted by atomic mass is 9.95. The molecule has 0 radical (unpaired) electrons. The zero-order chi connectivity index (χ0) is 13.9. The number of rotatable bonds is 4. The molecule has 1 saturated heterocycles. The van der Waals surface area contributed by atoms with Crippen molar-refractivity contribution in [2.75, 3.05) is 11.4 Å². The van der Waals surface area contributed by atoms with Gasteiger partial charge >= 0.3 is 0 Å². The van der Waals surface area contributed by atoms with Crippen molar-refractivity contribution in [1.82, 2.24) is 15.0 Å². The maximum atomic E-state index is 4.70. The smallest absolute Gasteiger partial charge is 0.180 e. The number of fused-ring (bicyclic) bond motifs is 1. The van der Waals surface area contributed by atoms with E-state index in [0.29, 0.717) is 6.04 Å². The molecule has 0 saturated carbocycles. The molecule has 0 amide bonds. The van der Waals surface area contributed by atoms with Crippen LogP contribution < -0.4 is 4.90 Å². The SMILES string of the molecule is CCCC(C)C1CCCN1c1ccc2nccnc2n1. The molecule has 3 rings (SSSR count). The largest absolute Gasteiger partial charge is 0.353 e. The second-order valence-corrected chi connectivity index (χ2v) is 5.74. The van der Waals surface area contributed by atoms with Gasteiger partial charge in [-0.25, -0.2) is 9.97 Å². The van der Waals surface area contributed by atoms with Crippen LogP contribution in [0.1, 0.15) is 39.5 Å². The molecular weight excluding hydrogens is 248 g/mol. The van der Waals surface area contributed by atoms with Crippen LogP contribution in [0, 0.1) is 5.92 Å². The van der Waals surface area contributed by atoms with E-state index in [2.05, 4.69) is 34.8 Å². The summed E-state index contributed by atoms with van der Waals surface area (Å²) in [5.74, 6) is 1.78. The molecule has 1 aliphatic rings. The summed E-state index contributed by atoms with van der Waals surface area (Å²) in [6.07, 6.45) is 8.50. The van der Waals surface area contributed by atoms with Gasteiger partial charge in [-0.1, -0.05) is 20.3 Å². The van der Waals surface area contributed by atoms with Crippen LogP contribution in [0.15, 0.2) is 24.5 Å². The first-order chi connectivity index (χ1) is 9.79. The van der Waals surface area contributed by atoms with Crippen LogP contribution >= 0.6 is 0 Å². The Bertz CT molecular complexity index is 583. The Labute approximate surface area is 120 Å². The van der Waals surface area contributed by atoms with Gasteiger partial charge in [-0.3, -0.25) is 4.98 Å². The number of aromatic nitrogens is 3. The van der Waals surface area contributed by atoms with Crippen molar-refractivity contribution in [3.63, 3.8) is 0 Å². The highest BCUT2D eigenvalue weighted by atomic mass is 15.2. The van der Waals surface area contributed by atoms with Gasteiger partial charge in [-0.15, -0.1) is 0 Å². The molecule has 2 unspecified atom stereocenters. The van der Waals surface area contributed by atoms with Crippen molar-refractivity contribution in [3.05, 3.63) is 24.5 Å². The van der Waals surface area contributed by atoms with Gasteiger partial charge in [0.1, 0.15) is 11.3 Å². The Hall–Kier alpha value is -1.71. The van der Waals surface area contributed by atoms with E-state index < -0.39 is 0 Å². The summed E-state index contributed by atoms with van der Waals surface area (Å²) in [6, 6.07) is 4.75. The summed E-state index contributed by atoms with van der Waals surface area (Å²) in [4.78, 5) is 15.8. The van der Waals surface area contributed by atoms with Crippen molar-refractivity contribution in [2.45, 2.75) is 45.6 Å². The number of hydrogen-bond donors (Lipinski definition) is 0. The summed E-state index contributed by atoms with van der Waals surface area (Å²) in [6.45, 7) is 5.74. The standard InChI is InChI=1S/C16H22N4/c1-3-5-12(2)14-6-4-11-20(14)15-8-7-13-16(19-15)18-10-9-17-13/h7-10,12,14H,3-6,11H2,1-2H3.